The lowest BCUT2D eigenvalue weighted by molar-refractivity contribution is -0.136. The molecule has 9 heteroatoms. The molecule has 40 heavy (non-hydrogen) atoms. The average molecular weight is 551 g/mol. The third-order valence-corrected chi connectivity index (χ3v) is 9.87. The molecule has 1 atom stereocenters. The Morgan fingerprint density at radius 2 is 1.50 bits per heavy atom. The Morgan fingerprint density at radius 3 is 2.23 bits per heavy atom. The second kappa shape index (κ2) is 12.6. The van der Waals surface area contributed by atoms with Crippen molar-refractivity contribution in [3.8, 4) is 0 Å². The van der Waals surface area contributed by atoms with Gasteiger partial charge in [-0.15, -0.1) is 0 Å². The molecule has 218 valence electrons. The van der Waals surface area contributed by atoms with Crippen LogP contribution in [0.3, 0.4) is 0 Å². The maximum Gasteiger partial charge on any atom is 0.255 e. The first-order chi connectivity index (χ1) is 19.5. The van der Waals surface area contributed by atoms with Crippen molar-refractivity contribution in [3.63, 3.8) is 0 Å². The zero-order valence-electron chi connectivity index (χ0n) is 24.0. The van der Waals surface area contributed by atoms with Crippen LogP contribution in [-0.2, 0) is 16.1 Å². The molecule has 0 radical (unpaired) electrons. The minimum atomic E-state index is -0.560. The molecule has 9 nitrogen and oxygen atoms in total. The number of benzene rings is 1. The quantitative estimate of drug-likeness (QED) is 0.497. The smallest absolute Gasteiger partial charge is 0.255 e. The number of nitrogens with zero attached hydrogens (tertiary/aromatic N) is 5. The Kier molecular flexibility index (Phi) is 8.70. The van der Waals surface area contributed by atoms with Crippen LogP contribution >= 0.6 is 0 Å². The second-order valence-electron chi connectivity index (χ2n) is 12.6. The summed E-state index contributed by atoms with van der Waals surface area (Å²) in [6, 6.07) is 5.54. The fraction of sp³-hybridized carbons (Fsp3) is 0.710. The van der Waals surface area contributed by atoms with Crippen molar-refractivity contribution in [3.05, 3.63) is 29.3 Å². The molecule has 5 heterocycles. The summed E-state index contributed by atoms with van der Waals surface area (Å²) in [5.41, 5.74) is 2.82. The van der Waals surface area contributed by atoms with Gasteiger partial charge >= 0.3 is 0 Å². The van der Waals surface area contributed by atoms with E-state index >= 15 is 0 Å². The van der Waals surface area contributed by atoms with Crippen molar-refractivity contribution in [2.45, 2.75) is 64.0 Å². The van der Waals surface area contributed by atoms with Gasteiger partial charge in [-0.25, -0.2) is 0 Å². The summed E-state index contributed by atoms with van der Waals surface area (Å²) in [5, 5.41) is 2.38. The van der Waals surface area contributed by atoms with Crippen molar-refractivity contribution in [2.75, 3.05) is 76.9 Å². The molecular weight excluding hydrogens is 504 g/mol. The zero-order valence-corrected chi connectivity index (χ0v) is 24.0. The highest BCUT2D eigenvalue weighted by Gasteiger charge is 2.39. The van der Waals surface area contributed by atoms with Gasteiger partial charge in [0.2, 0.25) is 11.8 Å². The molecule has 0 aliphatic carbocycles. The van der Waals surface area contributed by atoms with Crippen LogP contribution in [0.4, 0.5) is 5.69 Å². The molecule has 0 bridgehead atoms. The van der Waals surface area contributed by atoms with E-state index in [4.69, 9.17) is 0 Å². The van der Waals surface area contributed by atoms with Crippen LogP contribution < -0.4 is 10.2 Å². The SMILES string of the molecule is O=C1CCC(N2Cc3cc(N4CCN(CCCN5CCC(CN6CCCCC6)CC5)CC4)ccc3C2=O)C(=O)N1. The Balaban J connectivity index is 0.911. The molecule has 0 aromatic heterocycles. The number of imide groups is 1. The van der Waals surface area contributed by atoms with Crippen molar-refractivity contribution in [1.29, 1.82) is 0 Å². The van der Waals surface area contributed by atoms with Gasteiger partial charge in [0.15, 0.2) is 0 Å². The van der Waals surface area contributed by atoms with Crippen molar-refractivity contribution >= 4 is 23.4 Å². The molecule has 3 amide bonds. The lowest BCUT2D eigenvalue weighted by Gasteiger charge is -2.38. The van der Waals surface area contributed by atoms with Gasteiger partial charge in [-0.3, -0.25) is 24.6 Å². The van der Waals surface area contributed by atoms with Crippen molar-refractivity contribution < 1.29 is 14.4 Å². The minimum absolute atomic E-state index is 0.105. The van der Waals surface area contributed by atoms with Crippen LogP contribution in [-0.4, -0.2) is 115 Å². The number of carbonyl (C=O) groups excluding carboxylic acids is 3. The van der Waals surface area contributed by atoms with Gasteiger partial charge in [0.25, 0.3) is 5.91 Å². The normalized spacial score (nSPS) is 25.9. The lowest BCUT2D eigenvalue weighted by Crippen LogP contribution is -2.52. The summed E-state index contributed by atoms with van der Waals surface area (Å²) in [7, 11) is 0. The summed E-state index contributed by atoms with van der Waals surface area (Å²) in [6.07, 6.45) is 8.87. The molecule has 4 saturated heterocycles. The van der Waals surface area contributed by atoms with Gasteiger partial charge in [0, 0.05) is 56.9 Å². The van der Waals surface area contributed by atoms with Crippen LogP contribution in [0.2, 0.25) is 0 Å². The number of anilines is 1. The highest BCUT2D eigenvalue weighted by Crippen LogP contribution is 2.31. The number of hydrogen-bond acceptors (Lipinski definition) is 7. The molecule has 4 fully saturated rings. The number of carbonyl (C=O) groups is 3. The molecule has 0 saturated carbocycles. The van der Waals surface area contributed by atoms with Crippen molar-refractivity contribution in [2.24, 2.45) is 5.92 Å². The van der Waals surface area contributed by atoms with Gasteiger partial charge < -0.3 is 19.6 Å². The number of amides is 3. The zero-order chi connectivity index (χ0) is 27.5. The largest absolute Gasteiger partial charge is 0.369 e. The van der Waals surface area contributed by atoms with Crippen LogP contribution in [0.1, 0.15) is 67.3 Å². The first-order valence-electron chi connectivity index (χ1n) is 15.7. The summed E-state index contributed by atoms with van der Waals surface area (Å²) in [4.78, 5) is 48.9. The average Bonchev–Trinajstić information content (AvgIpc) is 3.30. The second-order valence-corrected chi connectivity index (χ2v) is 12.6. The number of likely N-dealkylation sites (tertiary alicyclic amines) is 2. The van der Waals surface area contributed by atoms with Crippen LogP contribution in [0.5, 0.6) is 0 Å². The molecule has 6 rings (SSSR count). The number of fused-ring (bicyclic) bond motifs is 1. The number of piperazine rings is 1. The van der Waals surface area contributed by atoms with Gasteiger partial charge in [-0.1, -0.05) is 6.42 Å². The van der Waals surface area contributed by atoms with E-state index in [0.29, 0.717) is 18.5 Å². The Bertz CT molecular complexity index is 1070. The molecule has 5 aliphatic rings. The van der Waals surface area contributed by atoms with E-state index in [2.05, 4.69) is 37.0 Å². The van der Waals surface area contributed by atoms with E-state index in [1.165, 1.54) is 84.3 Å². The van der Waals surface area contributed by atoms with E-state index in [-0.39, 0.29) is 24.1 Å². The molecule has 5 aliphatic heterocycles. The fourth-order valence-electron chi connectivity index (χ4n) is 7.40. The van der Waals surface area contributed by atoms with Crippen LogP contribution in [0.15, 0.2) is 18.2 Å². The van der Waals surface area contributed by atoms with Gasteiger partial charge in [-0.05, 0) is 107 Å². The maximum absolute atomic E-state index is 13.0. The lowest BCUT2D eigenvalue weighted by atomic mass is 9.95. The van der Waals surface area contributed by atoms with E-state index in [1.54, 1.807) is 4.90 Å². The summed E-state index contributed by atoms with van der Waals surface area (Å²) >= 11 is 0. The molecule has 1 aromatic rings. The van der Waals surface area contributed by atoms with Crippen LogP contribution in [0, 0.1) is 5.92 Å². The number of nitrogens with one attached hydrogen (secondary N) is 1. The van der Waals surface area contributed by atoms with Gasteiger partial charge in [0.05, 0.1) is 0 Å². The van der Waals surface area contributed by atoms with Gasteiger partial charge in [-0.2, -0.15) is 0 Å². The predicted molar refractivity (Wildman–Crippen MR) is 155 cm³/mol. The summed E-state index contributed by atoms with van der Waals surface area (Å²) in [6.45, 7) is 13.5. The Morgan fingerprint density at radius 1 is 0.775 bits per heavy atom. The number of rotatable bonds is 8. The highest BCUT2D eigenvalue weighted by atomic mass is 16.2. The van der Waals surface area contributed by atoms with Gasteiger partial charge in [0.1, 0.15) is 6.04 Å². The monoisotopic (exact) mass is 550 g/mol. The van der Waals surface area contributed by atoms with E-state index in [9.17, 15) is 14.4 Å². The first-order valence-corrected chi connectivity index (χ1v) is 15.7. The summed E-state index contributed by atoms with van der Waals surface area (Å²) < 4.78 is 0. The maximum atomic E-state index is 13.0. The minimum Gasteiger partial charge on any atom is -0.369 e. The molecule has 1 N–H and O–H groups in total. The predicted octanol–water partition coefficient (Wildman–Crippen LogP) is 2.16. The molecule has 0 spiro atoms. The first kappa shape index (κ1) is 27.7. The van der Waals surface area contributed by atoms with E-state index < -0.39 is 6.04 Å². The Hall–Kier alpha value is -2.49. The standard InChI is InChI=1S/C31H46N6O3/c38-29-8-7-28(30(39)32-29)37-23-25-21-26(5-6-27(25)31(37)40)36-19-17-34(18-20-36)14-4-13-33-15-9-24(10-16-33)22-35-11-2-1-3-12-35/h5-6,21,24,28H,1-4,7-20,22-23H2,(H,32,38,39). The molecular formula is C31H46N6O3. The van der Waals surface area contributed by atoms with E-state index in [0.717, 1.165) is 43.3 Å². The van der Waals surface area contributed by atoms with Crippen molar-refractivity contribution in [1.82, 2.24) is 24.9 Å². The highest BCUT2D eigenvalue weighted by molar-refractivity contribution is 6.05. The Labute approximate surface area is 238 Å². The number of piperidine rings is 3. The topological polar surface area (TPSA) is 79.4 Å². The molecule has 1 unspecified atom stereocenters. The van der Waals surface area contributed by atoms with E-state index in [1.807, 2.05) is 6.07 Å². The third-order valence-electron chi connectivity index (χ3n) is 9.87. The fourth-order valence-corrected chi connectivity index (χ4v) is 7.40. The molecule has 1 aromatic carbocycles. The summed E-state index contributed by atoms with van der Waals surface area (Å²) in [5.74, 6) is 0.188. The van der Waals surface area contributed by atoms with Crippen LogP contribution in [0.25, 0.3) is 0 Å². The third kappa shape index (κ3) is 6.37. The number of hydrogen-bond donors (Lipinski definition) is 1.